The van der Waals surface area contributed by atoms with Gasteiger partial charge in [-0.25, -0.2) is 4.39 Å². The Morgan fingerprint density at radius 3 is 2.56 bits per heavy atom. The van der Waals surface area contributed by atoms with Crippen LogP contribution in [0.3, 0.4) is 0 Å². The van der Waals surface area contributed by atoms with E-state index in [0.717, 1.165) is 11.1 Å². The highest BCUT2D eigenvalue weighted by atomic mass is 35.5. The van der Waals surface area contributed by atoms with Crippen molar-refractivity contribution in [3.63, 3.8) is 0 Å². The molecule has 2 rings (SSSR count). The lowest BCUT2D eigenvalue weighted by Crippen LogP contribution is -1.97. The summed E-state index contributed by atoms with van der Waals surface area (Å²) in [5, 5.41) is 0.546. The van der Waals surface area contributed by atoms with E-state index in [4.69, 9.17) is 22.1 Å². The van der Waals surface area contributed by atoms with Crippen molar-refractivity contribution in [2.75, 3.05) is 7.11 Å². The molecule has 0 radical (unpaired) electrons. The second kappa shape index (κ2) is 5.38. The van der Waals surface area contributed by atoms with Gasteiger partial charge in [-0.3, -0.25) is 0 Å². The third-order valence-electron chi connectivity index (χ3n) is 2.76. The molecule has 94 valence electrons. The minimum absolute atomic E-state index is 0.342. The molecular weight excluding hydrogens is 253 g/mol. The number of halogens is 2. The fourth-order valence-corrected chi connectivity index (χ4v) is 2.00. The minimum atomic E-state index is -0.342. The van der Waals surface area contributed by atoms with Crippen LogP contribution >= 0.6 is 11.6 Å². The summed E-state index contributed by atoms with van der Waals surface area (Å²) in [6.07, 6.45) is 0. The smallest absolute Gasteiger partial charge is 0.134 e. The molecule has 0 aliphatic rings. The lowest BCUT2D eigenvalue weighted by atomic mass is 10.0. The molecule has 0 spiro atoms. The summed E-state index contributed by atoms with van der Waals surface area (Å²) in [7, 11) is 1.50. The van der Waals surface area contributed by atoms with Gasteiger partial charge in [0.25, 0.3) is 0 Å². The van der Waals surface area contributed by atoms with Crippen molar-refractivity contribution in [2.45, 2.75) is 6.54 Å². The maximum atomic E-state index is 13.9. The van der Waals surface area contributed by atoms with Crippen LogP contribution in [-0.2, 0) is 6.54 Å². The largest absolute Gasteiger partial charge is 0.497 e. The zero-order chi connectivity index (χ0) is 13.1. The molecule has 0 aliphatic heterocycles. The Labute approximate surface area is 110 Å². The Hall–Kier alpha value is -1.58. The van der Waals surface area contributed by atoms with Crippen molar-refractivity contribution >= 4 is 11.6 Å². The number of rotatable bonds is 3. The summed E-state index contributed by atoms with van der Waals surface area (Å²) in [6.45, 7) is 0.365. The van der Waals surface area contributed by atoms with Crippen molar-refractivity contribution in [1.29, 1.82) is 0 Å². The Kier molecular flexibility index (Phi) is 3.84. The lowest BCUT2D eigenvalue weighted by Gasteiger charge is -2.08. The zero-order valence-electron chi connectivity index (χ0n) is 9.91. The van der Waals surface area contributed by atoms with Crippen molar-refractivity contribution in [3.8, 4) is 16.9 Å². The molecule has 0 unspecified atom stereocenters. The summed E-state index contributed by atoms with van der Waals surface area (Å²) in [4.78, 5) is 0. The fraction of sp³-hybridized carbons (Fsp3) is 0.143. The minimum Gasteiger partial charge on any atom is -0.497 e. The number of ether oxygens (including phenoxy) is 1. The van der Waals surface area contributed by atoms with E-state index in [1.165, 1.54) is 13.2 Å². The molecule has 4 heteroatoms. The second-order valence-corrected chi connectivity index (χ2v) is 4.26. The molecule has 0 fully saturated rings. The number of benzene rings is 2. The fourth-order valence-electron chi connectivity index (χ4n) is 1.74. The molecule has 2 nitrogen and oxygen atoms in total. The molecule has 18 heavy (non-hydrogen) atoms. The highest BCUT2D eigenvalue weighted by Gasteiger charge is 2.08. The van der Waals surface area contributed by atoms with Gasteiger partial charge in [-0.2, -0.15) is 0 Å². The van der Waals surface area contributed by atoms with E-state index in [0.29, 0.717) is 22.9 Å². The van der Waals surface area contributed by atoms with Gasteiger partial charge in [0.15, 0.2) is 0 Å². The predicted molar refractivity (Wildman–Crippen MR) is 71.3 cm³/mol. The lowest BCUT2D eigenvalue weighted by molar-refractivity contribution is 0.411. The van der Waals surface area contributed by atoms with Gasteiger partial charge < -0.3 is 10.5 Å². The molecular formula is C14H13ClFNO. The first-order valence-electron chi connectivity index (χ1n) is 5.48. The quantitative estimate of drug-likeness (QED) is 0.920. The van der Waals surface area contributed by atoms with Gasteiger partial charge in [0.1, 0.15) is 11.6 Å². The molecule has 0 aliphatic carbocycles. The van der Waals surface area contributed by atoms with Gasteiger partial charge in [0.2, 0.25) is 0 Å². The van der Waals surface area contributed by atoms with Crippen LogP contribution in [0, 0.1) is 5.82 Å². The zero-order valence-corrected chi connectivity index (χ0v) is 10.7. The molecule has 0 atom stereocenters. The van der Waals surface area contributed by atoms with Gasteiger partial charge in [-0.05, 0) is 29.3 Å². The maximum Gasteiger partial charge on any atom is 0.134 e. The van der Waals surface area contributed by atoms with Crippen LogP contribution in [0.4, 0.5) is 4.39 Å². The normalized spacial score (nSPS) is 10.4. The first kappa shape index (κ1) is 12.9. The predicted octanol–water partition coefficient (Wildman–Crippen LogP) is 3.61. The van der Waals surface area contributed by atoms with Gasteiger partial charge in [-0.15, -0.1) is 0 Å². The first-order chi connectivity index (χ1) is 8.65. The van der Waals surface area contributed by atoms with Gasteiger partial charge in [0, 0.05) is 23.2 Å². The molecule has 2 aromatic carbocycles. The van der Waals surface area contributed by atoms with Crippen LogP contribution in [0.1, 0.15) is 5.56 Å². The molecule has 0 bridgehead atoms. The van der Waals surface area contributed by atoms with Gasteiger partial charge in [-0.1, -0.05) is 23.7 Å². The van der Waals surface area contributed by atoms with Crippen molar-refractivity contribution in [2.24, 2.45) is 5.73 Å². The molecule has 0 saturated carbocycles. The Bertz CT molecular complexity index is 572. The Morgan fingerprint density at radius 1 is 1.22 bits per heavy atom. The monoisotopic (exact) mass is 265 g/mol. The summed E-state index contributed by atoms with van der Waals surface area (Å²) in [5.74, 6) is 0.145. The number of methoxy groups -OCH3 is 1. The Morgan fingerprint density at radius 2 is 2.00 bits per heavy atom. The molecule has 0 aromatic heterocycles. The summed E-state index contributed by atoms with van der Waals surface area (Å²) in [6, 6.07) is 10.1. The van der Waals surface area contributed by atoms with Crippen molar-refractivity contribution in [1.82, 2.24) is 0 Å². The number of hydrogen-bond acceptors (Lipinski definition) is 2. The first-order valence-corrected chi connectivity index (χ1v) is 5.86. The molecule has 0 saturated heterocycles. The van der Waals surface area contributed by atoms with Crippen LogP contribution in [0.15, 0.2) is 36.4 Å². The van der Waals surface area contributed by atoms with E-state index in [1.807, 2.05) is 0 Å². The van der Waals surface area contributed by atoms with E-state index in [9.17, 15) is 4.39 Å². The van der Waals surface area contributed by atoms with E-state index < -0.39 is 0 Å². The summed E-state index contributed by atoms with van der Waals surface area (Å²) >= 11 is 6.06. The molecule has 0 amide bonds. The van der Waals surface area contributed by atoms with Gasteiger partial charge >= 0.3 is 0 Å². The van der Waals surface area contributed by atoms with Crippen LogP contribution < -0.4 is 10.5 Å². The maximum absolute atomic E-state index is 13.9. The SMILES string of the molecule is COc1ccc(-c2ccc(CN)c(Cl)c2)c(F)c1. The third-order valence-corrected chi connectivity index (χ3v) is 3.11. The van der Waals surface area contributed by atoms with E-state index >= 15 is 0 Å². The number of hydrogen-bond donors (Lipinski definition) is 1. The van der Waals surface area contributed by atoms with E-state index in [1.54, 1.807) is 30.3 Å². The van der Waals surface area contributed by atoms with E-state index in [-0.39, 0.29) is 5.82 Å². The Balaban J connectivity index is 2.45. The highest BCUT2D eigenvalue weighted by molar-refractivity contribution is 6.31. The number of nitrogens with two attached hydrogens (primary N) is 1. The molecule has 0 heterocycles. The average molecular weight is 266 g/mol. The van der Waals surface area contributed by atoms with Crippen LogP contribution in [0.2, 0.25) is 5.02 Å². The summed E-state index contributed by atoms with van der Waals surface area (Å²) in [5.41, 5.74) is 7.58. The molecule has 2 N–H and O–H groups in total. The van der Waals surface area contributed by atoms with E-state index in [2.05, 4.69) is 0 Å². The van der Waals surface area contributed by atoms with Crippen LogP contribution in [0.25, 0.3) is 11.1 Å². The topological polar surface area (TPSA) is 35.2 Å². The second-order valence-electron chi connectivity index (χ2n) is 3.86. The third kappa shape index (κ3) is 2.47. The summed E-state index contributed by atoms with van der Waals surface area (Å²) < 4.78 is 18.9. The van der Waals surface area contributed by atoms with Crippen molar-refractivity contribution < 1.29 is 9.13 Å². The van der Waals surface area contributed by atoms with Crippen molar-refractivity contribution in [3.05, 3.63) is 52.8 Å². The average Bonchev–Trinajstić information content (AvgIpc) is 2.38. The van der Waals surface area contributed by atoms with Gasteiger partial charge in [0.05, 0.1) is 7.11 Å². The standard InChI is InChI=1S/C14H13ClFNO/c1-18-11-4-5-12(14(16)7-11)9-2-3-10(8-17)13(15)6-9/h2-7H,8,17H2,1H3. The molecule has 2 aromatic rings. The highest BCUT2D eigenvalue weighted by Crippen LogP contribution is 2.29. The van der Waals surface area contributed by atoms with Crippen LogP contribution in [-0.4, -0.2) is 7.11 Å². The van der Waals surface area contributed by atoms with Crippen LogP contribution in [0.5, 0.6) is 5.75 Å².